The molecule has 3 rings (SSSR count). The number of benzene rings is 1. The summed E-state index contributed by atoms with van der Waals surface area (Å²) < 4.78 is 5.50. The summed E-state index contributed by atoms with van der Waals surface area (Å²) in [7, 11) is 2.15. The third-order valence-corrected chi connectivity index (χ3v) is 5.37. The number of hydrogen-bond donors (Lipinski definition) is 2. The molecule has 2 amide bonds. The molecule has 0 unspecified atom stereocenters. The Balaban J connectivity index is 1.52. The van der Waals surface area contributed by atoms with E-state index >= 15 is 0 Å². The van der Waals surface area contributed by atoms with Gasteiger partial charge in [-0.05, 0) is 56.7 Å². The zero-order valence-electron chi connectivity index (χ0n) is 15.2. The van der Waals surface area contributed by atoms with Crippen LogP contribution in [-0.2, 0) is 4.74 Å². The summed E-state index contributed by atoms with van der Waals surface area (Å²) in [5, 5.41) is 6.28. The molecule has 138 valence electrons. The summed E-state index contributed by atoms with van der Waals surface area (Å²) in [6.45, 7) is 4.64. The highest BCUT2D eigenvalue weighted by Gasteiger charge is 2.24. The van der Waals surface area contributed by atoms with E-state index in [1.54, 1.807) is 0 Å². The highest BCUT2D eigenvalue weighted by atomic mass is 16.5. The number of urea groups is 1. The third-order valence-electron chi connectivity index (χ3n) is 5.37. The van der Waals surface area contributed by atoms with Crippen molar-refractivity contribution >= 4 is 6.03 Å². The first-order valence-corrected chi connectivity index (χ1v) is 9.56. The molecular weight excluding hydrogens is 314 g/mol. The quantitative estimate of drug-likeness (QED) is 0.834. The normalized spacial score (nSPS) is 25.5. The Kier molecular flexibility index (Phi) is 6.70. The van der Waals surface area contributed by atoms with Gasteiger partial charge in [-0.25, -0.2) is 4.79 Å². The molecule has 2 fully saturated rings. The molecule has 0 saturated carbocycles. The lowest BCUT2D eigenvalue weighted by molar-refractivity contribution is 0.180. The summed E-state index contributed by atoms with van der Waals surface area (Å²) in [6, 6.07) is 10.3. The first kappa shape index (κ1) is 18.2. The first-order valence-electron chi connectivity index (χ1n) is 9.56. The van der Waals surface area contributed by atoms with Gasteiger partial charge >= 0.3 is 6.03 Å². The highest BCUT2D eigenvalue weighted by Crippen LogP contribution is 2.26. The van der Waals surface area contributed by atoms with E-state index in [0.29, 0.717) is 11.8 Å². The van der Waals surface area contributed by atoms with Crippen LogP contribution in [0.15, 0.2) is 30.3 Å². The van der Waals surface area contributed by atoms with Crippen LogP contribution in [-0.4, -0.2) is 50.8 Å². The molecule has 0 spiro atoms. The number of hydrogen-bond acceptors (Lipinski definition) is 3. The molecular formula is C20H31N3O2. The Morgan fingerprint density at radius 3 is 2.84 bits per heavy atom. The molecule has 5 heteroatoms. The van der Waals surface area contributed by atoms with E-state index in [1.807, 2.05) is 18.2 Å². The molecule has 3 atom stereocenters. The van der Waals surface area contributed by atoms with Crippen LogP contribution in [0.5, 0.6) is 0 Å². The minimum atomic E-state index is -0.0546. The number of nitrogens with zero attached hydrogens (tertiary/aromatic N) is 1. The van der Waals surface area contributed by atoms with Crippen LogP contribution in [0.3, 0.4) is 0 Å². The Bertz CT molecular complexity index is 531. The maximum Gasteiger partial charge on any atom is 0.315 e. The van der Waals surface area contributed by atoms with Gasteiger partial charge in [-0.2, -0.15) is 0 Å². The van der Waals surface area contributed by atoms with E-state index in [4.69, 9.17) is 4.74 Å². The zero-order chi connectivity index (χ0) is 17.5. The van der Waals surface area contributed by atoms with Crippen molar-refractivity contribution in [1.82, 2.24) is 15.5 Å². The van der Waals surface area contributed by atoms with Gasteiger partial charge in [0, 0.05) is 26.3 Å². The second-order valence-electron chi connectivity index (χ2n) is 7.55. The number of likely N-dealkylation sites (tertiary alicyclic amines) is 1. The fourth-order valence-electron chi connectivity index (χ4n) is 3.95. The van der Waals surface area contributed by atoms with Crippen molar-refractivity contribution in [2.45, 2.75) is 31.7 Å². The van der Waals surface area contributed by atoms with Crippen LogP contribution >= 0.6 is 0 Å². The Hall–Kier alpha value is -1.59. The van der Waals surface area contributed by atoms with E-state index in [-0.39, 0.29) is 12.1 Å². The Morgan fingerprint density at radius 2 is 2.12 bits per heavy atom. The van der Waals surface area contributed by atoms with Crippen molar-refractivity contribution in [3.05, 3.63) is 35.9 Å². The zero-order valence-corrected chi connectivity index (χ0v) is 15.2. The average Bonchev–Trinajstić information content (AvgIpc) is 3.13. The van der Waals surface area contributed by atoms with Gasteiger partial charge in [-0.1, -0.05) is 30.3 Å². The van der Waals surface area contributed by atoms with E-state index in [9.17, 15) is 4.79 Å². The average molecular weight is 345 g/mol. The second kappa shape index (κ2) is 9.20. The van der Waals surface area contributed by atoms with Crippen molar-refractivity contribution in [3.8, 4) is 0 Å². The molecule has 2 aliphatic heterocycles. The molecule has 2 saturated heterocycles. The minimum Gasteiger partial charge on any atom is -0.381 e. The smallest absolute Gasteiger partial charge is 0.315 e. The number of piperidine rings is 1. The molecule has 1 aromatic carbocycles. The van der Waals surface area contributed by atoms with Gasteiger partial charge in [-0.3, -0.25) is 0 Å². The summed E-state index contributed by atoms with van der Waals surface area (Å²) in [5.41, 5.74) is 1.17. The molecule has 5 nitrogen and oxygen atoms in total. The maximum absolute atomic E-state index is 12.5. The summed E-state index contributed by atoms with van der Waals surface area (Å²) in [5.74, 6) is 1.08. The number of carbonyl (C=O) groups excluding carboxylic acids is 1. The number of ether oxygens (including phenoxy) is 1. The van der Waals surface area contributed by atoms with E-state index in [1.165, 1.54) is 24.9 Å². The van der Waals surface area contributed by atoms with Crippen LogP contribution < -0.4 is 10.6 Å². The molecule has 0 aromatic heterocycles. The fourth-order valence-corrected chi connectivity index (χ4v) is 3.95. The molecule has 2 N–H and O–H groups in total. The number of rotatable bonds is 6. The molecule has 0 aliphatic carbocycles. The number of amides is 2. The lowest BCUT2D eigenvalue weighted by atomic mass is 9.94. The molecule has 0 bridgehead atoms. The first-order chi connectivity index (χ1) is 12.2. The second-order valence-corrected chi connectivity index (χ2v) is 7.55. The van der Waals surface area contributed by atoms with Gasteiger partial charge in [-0.15, -0.1) is 0 Å². The van der Waals surface area contributed by atoms with Gasteiger partial charge in [0.2, 0.25) is 0 Å². The Morgan fingerprint density at radius 1 is 1.28 bits per heavy atom. The van der Waals surface area contributed by atoms with Crippen molar-refractivity contribution in [2.24, 2.45) is 11.8 Å². The van der Waals surface area contributed by atoms with Gasteiger partial charge < -0.3 is 20.3 Å². The molecule has 0 radical (unpaired) electrons. The van der Waals surface area contributed by atoms with Crippen LogP contribution in [0.1, 0.15) is 37.3 Å². The van der Waals surface area contributed by atoms with Crippen LogP contribution in [0.25, 0.3) is 0 Å². The van der Waals surface area contributed by atoms with Gasteiger partial charge in [0.25, 0.3) is 0 Å². The molecule has 2 aliphatic rings. The van der Waals surface area contributed by atoms with Gasteiger partial charge in [0.05, 0.1) is 6.04 Å². The lowest BCUT2D eigenvalue weighted by Gasteiger charge is -2.30. The maximum atomic E-state index is 12.5. The predicted molar refractivity (Wildman–Crippen MR) is 99.5 cm³/mol. The summed E-state index contributed by atoms with van der Waals surface area (Å²) in [4.78, 5) is 14.8. The monoisotopic (exact) mass is 345 g/mol. The van der Waals surface area contributed by atoms with Crippen molar-refractivity contribution in [1.29, 1.82) is 0 Å². The SMILES string of the molecule is CN1CCC[C@H](CNC(=O)N[C@H](C[C@@H]2CCOC2)c2ccccc2)C1. The van der Waals surface area contributed by atoms with E-state index < -0.39 is 0 Å². The fraction of sp³-hybridized carbons (Fsp3) is 0.650. The van der Waals surface area contributed by atoms with Crippen molar-refractivity contribution in [2.75, 3.05) is 39.9 Å². The summed E-state index contributed by atoms with van der Waals surface area (Å²) in [6.07, 6.45) is 4.44. The number of carbonyl (C=O) groups is 1. The highest BCUT2D eigenvalue weighted by molar-refractivity contribution is 5.74. The number of nitrogens with one attached hydrogen (secondary N) is 2. The van der Waals surface area contributed by atoms with Crippen LogP contribution in [0.2, 0.25) is 0 Å². The Labute approximate surface area is 151 Å². The van der Waals surface area contributed by atoms with E-state index in [2.05, 4.69) is 34.7 Å². The third kappa shape index (κ3) is 5.72. The largest absolute Gasteiger partial charge is 0.381 e. The lowest BCUT2D eigenvalue weighted by Crippen LogP contribution is -2.43. The molecule has 1 aromatic rings. The van der Waals surface area contributed by atoms with E-state index in [0.717, 1.165) is 39.1 Å². The van der Waals surface area contributed by atoms with Crippen molar-refractivity contribution in [3.63, 3.8) is 0 Å². The molecule has 2 heterocycles. The van der Waals surface area contributed by atoms with Crippen LogP contribution in [0, 0.1) is 11.8 Å². The van der Waals surface area contributed by atoms with Gasteiger partial charge in [0.15, 0.2) is 0 Å². The van der Waals surface area contributed by atoms with Crippen molar-refractivity contribution < 1.29 is 9.53 Å². The standard InChI is InChI=1S/C20H31N3O2/c1-23-10-5-6-17(14-23)13-21-20(24)22-19(12-16-9-11-25-15-16)18-7-3-2-4-8-18/h2-4,7-8,16-17,19H,5-6,9-15H2,1H3,(H2,21,22,24)/t16-,17+,19+/m0/s1. The van der Waals surface area contributed by atoms with Gasteiger partial charge in [0.1, 0.15) is 0 Å². The molecule has 25 heavy (non-hydrogen) atoms. The summed E-state index contributed by atoms with van der Waals surface area (Å²) >= 11 is 0. The van der Waals surface area contributed by atoms with Crippen LogP contribution in [0.4, 0.5) is 4.79 Å². The topological polar surface area (TPSA) is 53.6 Å². The minimum absolute atomic E-state index is 0.0435. The predicted octanol–water partition coefficient (Wildman–Crippen LogP) is 2.80.